The number of anilines is 2. The number of para-hydroxylation sites is 1. The second-order valence-corrected chi connectivity index (χ2v) is 7.45. The van der Waals surface area contributed by atoms with Crippen LogP contribution in [0.2, 0.25) is 5.02 Å². The topological polar surface area (TPSA) is 58.2 Å². The van der Waals surface area contributed by atoms with Gasteiger partial charge in [-0.05, 0) is 77.5 Å². The predicted octanol–water partition coefficient (Wildman–Crippen LogP) is 5.76. The molecule has 4 nitrogen and oxygen atoms in total. The fraction of sp³-hybridized carbons (Fsp3) is 0.0476. The zero-order valence-corrected chi connectivity index (χ0v) is 17.3. The van der Waals surface area contributed by atoms with E-state index < -0.39 is 0 Å². The Morgan fingerprint density at radius 3 is 2.33 bits per heavy atom. The van der Waals surface area contributed by atoms with E-state index in [1.807, 2.05) is 30.3 Å². The molecule has 2 N–H and O–H groups in total. The van der Waals surface area contributed by atoms with Gasteiger partial charge in [0.2, 0.25) is 0 Å². The molecule has 0 radical (unpaired) electrons. The fourth-order valence-corrected chi connectivity index (χ4v) is 3.20. The monoisotopic (exact) mass is 490 g/mol. The largest absolute Gasteiger partial charge is 0.322 e. The molecule has 0 aromatic heterocycles. The van der Waals surface area contributed by atoms with Crippen LogP contribution in [0, 0.1) is 10.5 Å². The van der Waals surface area contributed by atoms with Crippen LogP contribution < -0.4 is 10.6 Å². The number of benzene rings is 3. The van der Waals surface area contributed by atoms with Gasteiger partial charge in [-0.3, -0.25) is 9.59 Å². The summed E-state index contributed by atoms with van der Waals surface area (Å²) in [5.41, 5.74) is 3.00. The van der Waals surface area contributed by atoms with Gasteiger partial charge < -0.3 is 10.6 Å². The Bertz CT molecular complexity index is 1010. The smallest absolute Gasteiger partial charge is 0.256 e. The van der Waals surface area contributed by atoms with Gasteiger partial charge in [0.25, 0.3) is 11.8 Å². The van der Waals surface area contributed by atoms with E-state index in [9.17, 15) is 9.59 Å². The summed E-state index contributed by atoms with van der Waals surface area (Å²) >= 11 is 8.09. The number of hydrogen-bond acceptors (Lipinski definition) is 2. The number of hydrogen-bond donors (Lipinski definition) is 2. The molecule has 3 aromatic carbocycles. The van der Waals surface area contributed by atoms with Crippen molar-refractivity contribution in [2.75, 3.05) is 10.6 Å². The first-order valence-electron chi connectivity index (χ1n) is 8.18. The molecule has 0 aliphatic heterocycles. The minimum absolute atomic E-state index is 0.226. The summed E-state index contributed by atoms with van der Waals surface area (Å²) in [6.45, 7) is 1.81. The van der Waals surface area contributed by atoms with Gasteiger partial charge >= 0.3 is 0 Å². The van der Waals surface area contributed by atoms with Crippen molar-refractivity contribution < 1.29 is 9.59 Å². The number of carbonyl (C=O) groups is 2. The van der Waals surface area contributed by atoms with Crippen molar-refractivity contribution in [1.82, 2.24) is 0 Å². The van der Waals surface area contributed by atoms with Gasteiger partial charge in [-0.1, -0.05) is 35.9 Å². The molecule has 2 amide bonds. The Morgan fingerprint density at radius 1 is 0.889 bits per heavy atom. The quantitative estimate of drug-likeness (QED) is 0.457. The minimum atomic E-state index is -0.256. The molecule has 136 valence electrons. The Kier molecular flexibility index (Phi) is 6.13. The standard InChI is InChI=1S/C21H16ClIN2O2/c1-13-16(21(27)24-15-6-3-2-4-7-15)8-5-9-19(13)25-20(26)14-10-11-17(22)18(23)12-14/h2-12H,1H3,(H,24,27)(H,25,26). The van der Waals surface area contributed by atoms with Crippen LogP contribution in [-0.2, 0) is 0 Å². The summed E-state index contributed by atoms with van der Waals surface area (Å²) in [7, 11) is 0. The highest BCUT2D eigenvalue weighted by molar-refractivity contribution is 14.1. The maximum Gasteiger partial charge on any atom is 0.256 e. The molecule has 0 aliphatic carbocycles. The van der Waals surface area contributed by atoms with Crippen molar-refractivity contribution in [3.05, 3.63) is 92.0 Å². The third-order valence-electron chi connectivity index (χ3n) is 4.04. The van der Waals surface area contributed by atoms with Crippen molar-refractivity contribution in [2.24, 2.45) is 0 Å². The van der Waals surface area contributed by atoms with Gasteiger partial charge in [-0.2, -0.15) is 0 Å². The molecule has 0 unspecified atom stereocenters. The van der Waals surface area contributed by atoms with Crippen LogP contribution in [0.4, 0.5) is 11.4 Å². The first-order valence-corrected chi connectivity index (χ1v) is 9.64. The molecule has 0 saturated heterocycles. The number of carbonyl (C=O) groups excluding carboxylic acids is 2. The third-order valence-corrected chi connectivity index (χ3v) is 5.58. The first kappa shape index (κ1) is 19.4. The molecule has 0 fully saturated rings. The zero-order valence-electron chi connectivity index (χ0n) is 14.4. The van der Waals surface area contributed by atoms with E-state index in [2.05, 4.69) is 33.2 Å². The summed E-state index contributed by atoms with van der Waals surface area (Å²) in [5, 5.41) is 6.32. The maximum absolute atomic E-state index is 12.6. The number of rotatable bonds is 4. The van der Waals surface area contributed by atoms with E-state index >= 15 is 0 Å². The molecular weight excluding hydrogens is 475 g/mol. The molecule has 0 bridgehead atoms. The van der Waals surface area contributed by atoms with Crippen molar-refractivity contribution in [3.8, 4) is 0 Å². The lowest BCUT2D eigenvalue weighted by Gasteiger charge is -2.13. The van der Waals surface area contributed by atoms with Crippen LogP contribution in [0.15, 0.2) is 66.7 Å². The summed E-state index contributed by atoms with van der Waals surface area (Å²) in [5.74, 6) is -0.482. The first-order chi connectivity index (χ1) is 13.0. The van der Waals surface area contributed by atoms with Gasteiger partial charge in [0, 0.05) is 26.1 Å². The highest BCUT2D eigenvalue weighted by Crippen LogP contribution is 2.23. The van der Waals surface area contributed by atoms with Crippen molar-refractivity contribution in [3.63, 3.8) is 0 Å². The van der Waals surface area contributed by atoms with Gasteiger partial charge in [-0.15, -0.1) is 0 Å². The van der Waals surface area contributed by atoms with E-state index in [4.69, 9.17) is 11.6 Å². The van der Waals surface area contributed by atoms with Crippen LogP contribution in [0.25, 0.3) is 0 Å². The molecular formula is C21H16ClIN2O2. The van der Waals surface area contributed by atoms with Crippen LogP contribution in [0.5, 0.6) is 0 Å². The summed E-state index contributed by atoms with van der Waals surface area (Å²) in [6.07, 6.45) is 0. The van der Waals surface area contributed by atoms with E-state index in [1.165, 1.54) is 0 Å². The zero-order chi connectivity index (χ0) is 19.4. The summed E-state index contributed by atoms with van der Waals surface area (Å²) in [4.78, 5) is 25.1. The Morgan fingerprint density at radius 2 is 1.63 bits per heavy atom. The van der Waals surface area contributed by atoms with Gasteiger partial charge in [0.05, 0.1) is 5.02 Å². The second kappa shape index (κ2) is 8.54. The average Bonchev–Trinajstić information content (AvgIpc) is 2.66. The Balaban J connectivity index is 1.81. The molecule has 0 spiro atoms. The van der Waals surface area contributed by atoms with Gasteiger partial charge in [0.1, 0.15) is 0 Å². The SMILES string of the molecule is Cc1c(NC(=O)c2ccc(Cl)c(I)c2)cccc1C(=O)Nc1ccccc1. The predicted molar refractivity (Wildman–Crippen MR) is 118 cm³/mol. The molecule has 0 atom stereocenters. The van der Waals surface area contributed by atoms with Crippen molar-refractivity contribution in [2.45, 2.75) is 6.92 Å². The van der Waals surface area contributed by atoms with Crippen LogP contribution in [0.3, 0.4) is 0 Å². The Labute approximate surface area is 176 Å². The summed E-state index contributed by atoms with van der Waals surface area (Å²) < 4.78 is 0.801. The highest BCUT2D eigenvalue weighted by atomic mass is 127. The number of halogens is 2. The molecule has 0 aliphatic rings. The average molecular weight is 491 g/mol. The van der Waals surface area contributed by atoms with Crippen molar-refractivity contribution in [1.29, 1.82) is 0 Å². The number of nitrogens with one attached hydrogen (secondary N) is 2. The van der Waals surface area contributed by atoms with Crippen LogP contribution in [0.1, 0.15) is 26.3 Å². The van der Waals surface area contributed by atoms with E-state index in [0.29, 0.717) is 33.1 Å². The number of amides is 2. The molecule has 6 heteroatoms. The van der Waals surface area contributed by atoms with E-state index in [0.717, 1.165) is 3.57 Å². The summed E-state index contributed by atoms with van der Waals surface area (Å²) in [6, 6.07) is 19.6. The Hall–Kier alpha value is -2.38. The molecule has 0 heterocycles. The maximum atomic E-state index is 12.6. The fourth-order valence-electron chi connectivity index (χ4n) is 2.57. The lowest BCUT2D eigenvalue weighted by molar-refractivity contribution is 0.101. The molecule has 3 rings (SSSR count). The van der Waals surface area contributed by atoms with Gasteiger partial charge in [-0.25, -0.2) is 0 Å². The second-order valence-electron chi connectivity index (χ2n) is 5.88. The molecule has 3 aromatic rings. The van der Waals surface area contributed by atoms with Gasteiger partial charge in [0.15, 0.2) is 0 Å². The molecule has 27 heavy (non-hydrogen) atoms. The molecule has 0 saturated carbocycles. The van der Waals surface area contributed by atoms with Crippen molar-refractivity contribution >= 4 is 57.4 Å². The minimum Gasteiger partial charge on any atom is -0.322 e. The van der Waals surface area contributed by atoms with Crippen LogP contribution >= 0.6 is 34.2 Å². The lowest BCUT2D eigenvalue weighted by atomic mass is 10.1. The third kappa shape index (κ3) is 4.67. The highest BCUT2D eigenvalue weighted by Gasteiger charge is 2.15. The van der Waals surface area contributed by atoms with Crippen LogP contribution in [-0.4, -0.2) is 11.8 Å². The lowest BCUT2D eigenvalue weighted by Crippen LogP contribution is -2.17. The normalized spacial score (nSPS) is 10.3. The van der Waals surface area contributed by atoms with E-state index in [-0.39, 0.29) is 11.8 Å². The van der Waals surface area contributed by atoms with E-state index in [1.54, 1.807) is 43.3 Å².